The van der Waals surface area contributed by atoms with Crippen molar-refractivity contribution in [3.05, 3.63) is 0 Å². The van der Waals surface area contributed by atoms with Crippen LogP contribution in [0.1, 0.15) is 427 Å². The molecule has 6 atom stereocenters. The molecule has 0 fully saturated rings. The van der Waals surface area contributed by atoms with E-state index in [0.29, 0.717) is 31.6 Å². The zero-order valence-electron chi connectivity index (χ0n) is 66.4. The molecule has 0 rings (SSSR count). The van der Waals surface area contributed by atoms with Gasteiger partial charge in [-0.3, -0.25) is 37.3 Å². The van der Waals surface area contributed by atoms with E-state index in [1.807, 2.05) is 0 Å². The van der Waals surface area contributed by atoms with Gasteiger partial charge in [0.25, 0.3) is 0 Å². The van der Waals surface area contributed by atoms with Gasteiger partial charge in [-0.1, -0.05) is 376 Å². The van der Waals surface area contributed by atoms with Crippen molar-refractivity contribution in [1.29, 1.82) is 0 Å². The summed E-state index contributed by atoms with van der Waals surface area (Å²) in [7, 11) is -9.92. The van der Waals surface area contributed by atoms with Gasteiger partial charge in [0.15, 0.2) is 12.2 Å². The number of unbranched alkanes of at least 4 members (excludes halogenated alkanes) is 47. The molecule has 0 radical (unpaired) electrons. The van der Waals surface area contributed by atoms with Gasteiger partial charge in [0.2, 0.25) is 0 Å². The Kier molecular flexibility index (Phi) is 70.9. The van der Waals surface area contributed by atoms with Gasteiger partial charge in [-0.15, -0.1) is 0 Å². The lowest BCUT2D eigenvalue weighted by molar-refractivity contribution is -0.161. The minimum Gasteiger partial charge on any atom is -0.462 e. The predicted molar refractivity (Wildman–Crippen MR) is 414 cm³/mol. The zero-order chi connectivity index (χ0) is 74.4. The quantitative estimate of drug-likeness (QED) is 0.0222. The summed E-state index contributed by atoms with van der Waals surface area (Å²) in [6.45, 7) is 12.0. The summed E-state index contributed by atoms with van der Waals surface area (Å²) in [5.74, 6) is 0.257. The molecule has 19 heteroatoms. The molecule has 600 valence electrons. The number of hydrogen-bond acceptors (Lipinski definition) is 15. The second-order valence-electron chi connectivity index (χ2n) is 30.7. The maximum absolute atomic E-state index is 13.1. The second-order valence-corrected chi connectivity index (χ2v) is 33.6. The van der Waals surface area contributed by atoms with Crippen LogP contribution in [0.2, 0.25) is 0 Å². The lowest BCUT2D eigenvalue weighted by Gasteiger charge is -2.21. The first kappa shape index (κ1) is 99.1. The van der Waals surface area contributed by atoms with Crippen molar-refractivity contribution >= 4 is 39.5 Å². The molecule has 3 unspecified atom stereocenters. The van der Waals surface area contributed by atoms with Gasteiger partial charge in [-0.2, -0.15) is 0 Å². The van der Waals surface area contributed by atoms with Crippen LogP contribution in [-0.4, -0.2) is 96.7 Å². The molecule has 0 spiro atoms. The highest BCUT2D eigenvalue weighted by atomic mass is 31.2. The van der Waals surface area contributed by atoms with Crippen LogP contribution in [-0.2, 0) is 65.4 Å². The topological polar surface area (TPSA) is 237 Å². The van der Waals surface area contributed by atoms with E-state index >= 15 is 0 Å². The Morgan fingerprint density at radius 3 is 0.752 bits per heavy atom. The molecule has 0 amide bonds. The lowest BCUT2D eigenvalue weighted by Crippen LogP contribution is -2.30. The van der Waals surface area contributed by atoms with Gasteiger partial charge in [-0.05, 0) is 43.4 Å². The van der Waals surface area contributed by atoms with Crippen molar-refractivity contribution < 1.29 is 80.2 Å². The second kappa shape index (κ2) is 72.3. The van der Waals surface area contributed by atoms with Crippen LogP contribution >= 0.6 is 15.6 Å². The summed E-state index contributed by atoms with van der Waals surface area (Å²) in [6, 6.07) is 0. The molecule has 0 aromatic heterocycles. The number of carbonyl (C=O) groups excluding carboxylic acids is 4. The predicted octanol–water partition coefficient (Wildman–Crippen LogP) is 24.5. The number of aliphatic hydroxyl groups excluding tert-OH is 1. The molecule has 0 aromatic carbocycles. The zero-order valence-corrected chi connectivity index (χ0v) is 68.2. The summed E-state index contributed by atoms with van der Waals surface area (Å²) in [4.78, 5) is 73.0. The van der Waals surface area contributed by atoms with Gasteiger partial charge in [0.1, 0.15) is 19.3 Å². The van der Waals surface area contributed by atoms with E-state index < -0.39 is 97.5 Å². The average Bonchev–Trinajstić information content (AvgIpc) is 0.975. The number of phosphoric ester groups is 2. The third kappa shape index (κ3) is 74.7. The normalized spacial score (nSPS) is 14.2. The number of aliphatic hydroxyl groups is 1. The van der Waals surface area contributed by atoms with Crippen molar-refractivity contribution in [1.82, 2.24) is 0 Å². The Hall–Kier alpha value is -1.94. The van der Waals surface area contributed by atoms with Gasteiger partial charge in [0, 0.05) is 25.7 Å². The number of carbonyl (C=O) groups is 4. The van der Waals surface area contributed by atoms with Crippen LogP contribution in [0, 0.1) is 17.8 Å². The van der Waals surface area contributed by atoms with Gasteiger partial charge >= 0.3 is 39.5 Å². The van der Waals surface area contributed by atoms with Crippen molar-refractivity contribution in [2.75, 3.05) is 39.6 Å². The lowest BCUT2D eigenvalue weighted by atomic mass is 9.99. The average molecular weight is 1480 g/mol. The van der Waals surface area contributed by atoms with Crippen LogP contribution in [0.15, 0.2) is 0 Å². The number of esters is 4. The third-order valence-corrected chi connectivity index (χ3v) is 21.4. The summed E-state index contributed by atoms with van der Waals surface area (Å²) in [5, 5.41) is 10.6. The summed E-state index contributed by atoms with van der Waals surface area (Å²) in [5.41, 5.74) is 0. The molecule has 0 bridgehead atoms. The fraction of sp³-hybridized carbons (Fsp3) is 0.951. The van der Waals surface area contributed by atoms with Crippen LogP contribution in [0.4, 0.5) is 0 Å². The van der Waals surface area contributed by atoms with Crippen LogP contribution in [0.3, 0.4) is 0 Å². The Morgan fingerprint density at radius 2 is 0.505 bits per heavy atom. The van der Waals surface area contributed by atoms with Crippen molar-refractivity contribution in [2.45, 2.75) is 446 Å². The molecular formula is C82H160O17P2. The Morgan fingerprint density at radius 1 is 0.287 bits per heavy atom. The molecule has 17 nitrogen and oxygen atoms in total. The summed E-state index contributed by atoms with van der Waals surface area (Å²) in [6.07, 6.45) is 61.1. The Labute approximate surface area is 619 Å². The van der Waals surface area contributed by atoms with Crippen LogP contribution < -0.4 is 0 Å². The number of ether oxygens (including phenoxy) is 4. The molecular weight excluding hydrogens is 1320 g/mol. The minimum absolute atomic E-state index is 0.107. The highest BCUT2D eigenvalue weighted by molar-refractivity contribution is 7.47. The van der Waals surface area contributed by atoms with E-state index in [0.717, 1.165) is 108 Å². The molecule has 101 heavy (non-hydrogen) atoms. The van der Waals surface area contributed by atoms with Crippen molar-refractivity contribution in [3.8, 4) is 0 Å². The van der Waals surface area contributed by atoms with Gasteiger partial charge < -0.3 is 33.8 Å². The van der Waals surface area contributed by atoms with E-state index in [1.54, 1.807) is 0 Å². The maximum Gasteiger partial charge on any atom is 0.472 e. The number of rotatable bonds is 80. The highest BCUT2D eigenvalue weighted by Gasteiger charge is 2.30. The fourth-order valence-corrected chi connectivity index (χ4v) is 14.2. The Balaban J connectivity index is 5.21. The standard InChI is InChI=1S/C82H160O17P2/c1-8-10-11-12-13-14-15-23-31-36-43-51-58-65-81(86)99-78(70-93-80(85)64-57-50-45-38-40-47-54-61-74(5)6)72-97-101(90,91)95-68-76(83)67-94-100(88,89)96-71-77(69-92-79(84)63-56-49-42-35-30-27-22-24-28-33-39-46-53-60-73(3)4)98-82(87)66-59-52-44-37-32-26-21-19-17-16-18-20-25-29-34-41-48-55-62-75(7)9-2/h73-78,83H,8-72H2,1-7H3,(H,88,89)(H,90,91)/t75?,76-,77-,78-/m1/s1. The first-order valence-corrected chi connectivity index (χ1v) is 45.4. The first-order valence-electron chi connectivity index (χ1n) is 42.4. The summed E-state index contributed by atoms with van der Waals surface area (Å²) < 4.78 is 68.7. The van der Waals surface area contributed by atoms with E-state index in [2.05, 4.69) is 48.5 Å². The number of phosphoric acid groups is 2. The molecule has 0 saturated heterocycles. The third-order valence-electron chi connectivity index (χ3n) is 19.5. The largest absolute Gasteiger partial charge is 0.472 e. The minimum atomic E-state index is -4.96. The summed E-state index contributed by atoms with van der Waals surface area (Å²) >= 11 is 0. The van der Waals surface area contributed by atoms with Crippen LogP contribution in [0.25, 0.3) is 0 Å². The molecule has 0 saturated carbocycles. The molecule has 0 aliphatic carbocycles. The first-order chi connectivity index (χ1) is 48.8. The fourth-order valence-electron chi connectivity index (χ4n) is 12.6. The van der Waals surface area contributed by atoms with E-state index in [-0.39, 0.29) is 25.7 Å². The van der Waals surface area contributed by atoms with Gasteiger partial charge in [-0.25, -0.2) is 9.13 Å². The van der Waals surface area contributed by atoms with Crippen LogP contribution in [0.5, 0.6) is 0 Å². The van der Waals surface area contributed by atoms with E-state index in [9.17, 15) is 43.2 Å². The molecule has 0 heterocycles. The smallest absolute Gasteiger partial charge is 0.462 e. The van der Waals surface area contributed by atoms with Crippen molar-refractivity contribution in [3.63, 3.8) is 0 Å². The van der Waals surface area contributed by atoms with E-state index in [4.69, 9.17) is 37.0 Å². The van der Waals surface area contributed by atoms with Gasteiger partial charge in [0.05, 0.1) is 26.4 Å². The Bertz CT molecular complexity index is 1960. The molecule has 0 aliphatic rings. The SMILES string of the molecule is CCCCCCCCCCCCCCCC(=O)O[C@H](COC(=O)CCCCCCCCCC(C)C)COP(=O)(O)OC[C@H](O)COP(=O)(O)OC[C@@H](COC(=O)CCCCCCCCCCCCCCCC(C)C)OC(=O)CCCCCCCCCCCCCCCCCCCCC(C)CC. The molecule has 0 aromatic rings. The van der Waals surface area contributed by atoms with Crippen molar-refractivity contribution in [2.24, 2.45) is 17.8 Å². The highest BCUT2D eigenvalue weighted by Crippen LogP contribution is 2.45. The molecule has 0 aliphatic heterocycles. The maximum atomic E-state index is 13.1. The molecule has 3 N–H and O–H groups in total. The van der Waals surface area contributed by atoms with E-state index in [1.165, 1.54) is 231 Å². The number of hydrogen-bond donors (Lipinski definition) is 3. The monoisotopic (exact) mass is 1480 g/mol.